The molecule has 7 heteroatoms. The maximum Gasteiger partial charge on any atom is 0.417 e. The second kappa shape index (κ2) is 5.49. The highest BCUT2D eigenvalue weighted by molar-refractivity contribution is 7.11. The summed E-state index contributed by atoms with van der Waals surface area (Å²) in [6.45, 7) is 3.88. The van der Waals surface area contributed by atoms with Gasteiger partial charge in [-0.25, -0.2) is 4.98 Å². The molecule has 1 atom stereocenters. The first-order valence-corrected chi connectivity index (χ1v) is 6.80. The molecule has 2 N–H and O–H groups in total. The molecule has 0 radical (unpaired) electrons. The van der Waals surface area contributed by atoms with Gasteiger partial charge in [-0.3, -0.25) is 4.98 Å². The Morgan fingerprint density at radius 1 is 1.30 bits per heavy atom. The molecule has 2 heterocycles. The van der Waals surface area contributed by atoms with Crippen molar-refractivity contribution in [1.29, 1.82) is 0 Å². The lowest BCUT2D eigenvalue weighted by Crippen LogP contribution is -2.16. The van der Waals surface area contributed by atoms with Crippen LogP contribution >= 0.6 is 11.3 Å². The van der Waals surface area contributed by atoms with Gasteiger partial charge in [-0.05, 0) is 26.0 Å². The summed E-state index contributed by atoms with van der Waals surface area (Å²) in [7, 11) is 0. The van der Waals surface area contributed by atoms with Gasteiger partial charge in [0.15, 0.2) is 0 Å². The summed E-state index contributed by atoms with van der Waals surface area (Å²) in [6.07, 6.45) is -3.09. The molecule has 3 nitrogen and oxygen atoms in total. The monoisotopic (exact) mass is 301 g/mol. The van der Waals surface area contributed by atoms with Crippen LogP contribution in [-0.2, 0) is 12.6 Å². The Bertz CT molecular complexity index is 570. The molecule has 0 aliphatic heterocycles. The fourth-order valence-corrected chi connectivity index (χ4v) is 2.70. The maximum absolute atomic E-state index is 12.4. The topological polar surface area (TPSA) is 51.8 Å². The summed E-state index contributed by atoms with van der Waals surface area (Å²) in [5, 5.41) is 0.870. The quantitative estimate of drug-likeness (QED) is 0.945. The molecule has 20 heavy (non-hydrogen) atoms. The van der Waals surface area contributed by atoms with E-state index in [1.54, 1.807) is 11.3 Å². The molecular weight excluding hydrogens is 287 g/mol. The molecule has 0 aliphatic carbocycles. The highest BCUT2D eigenvalue weighted by Crippen LogP contribution is 2.29. The van der Waals surface area contributed by atoms with Crippen molar-refractivity contribution < 1.29 is 13.2 Å². The molecule has 0 spiro atoms. The zero-order valence-electron chi connectivity index (χ0n) is 11.0. The normalized spacial score (nSPS) is 13.5. The number of hydrogen-bond acceptors (Lipinski definition) is 4. The Hall–Kier alpha value is -1.47. The van der Waals surface area contributed by atoms with Crippen molar-refractivity contribution in [2.75, 3.05) is 0 Å². The van der Waals surface area contributed by atoms with Gasteiger partial charge in [-0.2, -0.15) is 13.2 Å². The van der Waals surface area contributed by atoms with Gasteiger partial charge in [0.1, 0.15) is 0 Å². The molecule has 2 aromatic rings. The Morgan fingerprint density at radius 2 is 2.00 bits per heavy atom. The van der Waals surface area contributed by atoms with Gasteiger partial charge in [-0.15, -0.1) is 11.3 Å². The highest BCUT2D eigenvalue weighted by atomic mass is 32.1. The van der Waals surface area contributed by atoms with E-state index in [4.69, 9.17) is 5.73 Å². The Kier molecular flexibility index (Phi) is 4.10. The first-order chi connectivity index (χ1) is 9.27. The van der Waals surface area contributed by atoms with E-state index in [2.05, 4.69) is 9.97 Å². The van der Waals surface area contributed by atoms with Crippen molar-refractivity contribution >= 4 is 11.3 Å². The molecule has 0 aromatic carbocycles. The zero-order valence-corrected chi connectivity index (χ0v) is 11.8. The van der Waals surface area contributed by atoms with Gasteiger partial charge < -0.3 is 5.73 Å². The molecule has 0 fully saturated rings. The number of rotatable bonds is 3. The molecule has 2 rings (SSSR count). The zero-order chi connectivity index (χ0) is 14.9. The molecule has 0 saturated carbocycles. The molecule has 0 amide bonds. The number of hydrogen-bond donors (Lipinski definition) is 1. The molecule has 0 saturated heterocycles. The van der Waals surface area contributed by atoms with Gasteiger partial charge in [0, 0.05) is 17.5 Å². The largest absolute Gasteiger partial charge is 0.417 e. The fraction of sp³-hybridized carbons (Fsp3) is 0.385. The van der Waals surface area contributed by atoms with E-state index in [0.717, 1.165) is 27.8 Å². The number of pyridine rings is 1. The summed E-state index contributed by atoms with van der Waals surface area (Å²) in [6, 6.07) is 1.86. The van der Waals surface area contributed by atoms with E-state index in [9.17, 15) is 13.2 Å². The van der Waals surface area contributed by atoms with Gasteiger partial charge in [0.2, 0.25) is 0 Å². The number of nitrogens with zero attached hydrogens (tertiary/aromatic N) is 2. The predicted octanol–water partition coefficient (Wildman–Crippen LogP) is 3.42. The van der Waals surface area contributed by atoms with Gasteiger partial charge in [0.05, 0.1) is 28.0 Å². The first-order valence-electron chi connectivity index (χ1n) is 5.99. The summed E-state index contributed by atoms with van der Waals surface area (Å²) >= 11 is 1.55. The van der Waals surface area contributed by atoms with Gasteiger partial charge >= 0.3 is 6.18 Å². The number of thiazole rings is 1. The second-order valence-corrected chi connectivity index (χ2v) is 5.82. The van der Waals surface area contributed by atoms with Crippen molar-refractivity contribution in [3.8, 4) is 0 Å². The van der Waals surface area contributed by atoms with E-state index in [-0.39, 0.29) is 0 Å². The van der Waals surface area contributed by atoms with Crippen molar-refractivity contribution in [3.05, 3.63) is 45.2 Å². The summed E-state index contributed by atoms with van der Waals surface area (Å²) in [4.78, 5) is 9.28. The third kappa shape index (κ3) is 3.34. The summed E-state index contributed by atoms with van der Waals surface area (Å²) < 4.78 is 37.3. The number of halogens is 3. The Labute approximate surface area is 118 Å². The van der Waals surface area contributed by atoms with E-state index >= 15 is 0 Å². The minimum atomic E-state index is -4.38. The van der Waals surface area contributed by atoms with E-state index < -0.39 is 17.8 Å². The first kappa shape index (κ1) is 14.9. The number of aromatic nitrogens is 2. The SMILES string of the molecule is Cc1nc(CC(N)c2ccc(C(F)(F)F)cn2)sc1C. The van der Waals surface area contributed by atoms with Gasteiger partial charge in [-0.1, -0.05) is 0 Å². The predicted molar refractivity (Wildman–Crippen MR) is 71.5 cm³/mol. The van der Waals surface area contributed by atoms with Crippen LogP contribution in [0.4, 0.5) is 13.2 Å². The third-order valence-electron chi connectivity index (χ3n) is 2.96. The van der Waals surface area contributed by atoms with Crippen LogP contribution in [0.5, 0.6) is 0 Å². The number of aryl methyl sites for hydroxylation is 2. The Balaban J connectivity index is 2.11. The van der Waals surface area contributed by atoms with E-state index in [0.29, 0.717) is 12.1 Å². The van der Waals surface area contributed by atoms with Crippen molar-refractivity contribution in [1.82, 2.24) is 9.97 Å². The molecule has 108 valence electrons. The van der Waals surface area contributed by atoms with Crippen LogP contribution in [0.2, 0.25) is 0 Å². The van der Waals surface area contributed by atoms with Crippen LogP contribution in [0, 0.1) is 13.8 Å². The third-order valence-corrected chi connectivity index (χ3v) is 4.06. The highest BCUT2D eigenvalue weighted by Gasteiger charge is 2.30. The minimum absolute atomic E-state index is 0.434. The fourth-order valence-electron chi connectivity index (χ4n) is 1.71. The molecule has 0 aliphatic rings. The average molecular weight is 301 g/mol. The van der Waals surface area contributed by atoms with Crippen molar-refractivity contribution in [2.45, 2.75) is 32.5 Å². The average Bonchev–Trinajstić information content (AvgIpc) is 2.67. The minimum Gasteiger partial charge on any atom is -0.322 e. The second-order valence-electron chi connectivity index (χ2n) is 4.53. The van der Waals surface area contributed by atoms with Crippen LogP contribution in [-0.4, -0.2) is 9.97 Å². The Morgan fingerprint density at radius 3 is 2.45 bits per heavy atom. The van der Waals surface area contributed by atoms with Gasteiger partial charge in [0.25, 0.3) is 0 Å². The van der Waals surface area contributed by atoms with Crippen molar-refractivity contribution in [3.63, 3.8) is 0 Å². The lowest BCUT2D eigenvalue weighted by atomic mass is 10.1. The van der Waals surface area contributed by atoms with Crippen LogP contribution in [0.1, 0.15) is 32.9 Å². The number of alkyl halides is 3. The van der Waals surface area contributed by atoms with Crippen LogP contribution in [0.3, 0.4) is 0 Å². The molecule has 1 unspecified atom stereocenters. The summed E-state index contributed by atoms with van der Waals surface area (Å²) in [5.41, 5.74) is 6.59. The van der Waals surface area contributed by atoms with Crippen LogP contribution in [0.15, 0.2) is 18.3 Å². The van der Waals surface area contributed by atoms with Crippen LogP contribution in [0.25, 0.3) is 0 Å². The molecular formula is C13H14F3N3S. The lowest BCUT2D eigenvalue weighted by molar-refractivity contribution is -0.137. The maximum atomic E-state index is 12.4. The molecule has 2 aromatic heterocycles. The standard InChI is InChI=1S/C13H14F3N3S/c1-7-8(2)20-12(19-7)5-10(17)11-4-3-9(6-18-11)13(14,15)16/h3-4,6,10H,5,17H2,1-2H3. The summed E-state index contributed by atoms with van der Waals surface area (Å²) in [5.74, 6) is 0. The molecule has 0 bridgehead atoms. The van der Waals surface area contributed by atoms with E-state index in [1.165, 1.54) is 6.07 Å². The smallest absolute Gasteiger partial charge is 0.322 e. The number of nitrogens with two attached hydrogens (primary N) is 1. The van der Waals surface area contributed by atoms with E-state index in [1.807, 2.05) is 13.8 Å². The lowest BCUT2D eigenvalue weighted by Gasteiger charge is -2.11. The van der Waals surface area contributed by atoms with Crippen LogP contribution < -0.4 is 5.73 Å². The van der Waals surface area contributed by atoms with Crippen molar-refractivity contribution in [2.24, 2.45) is 5.73 Å².